The Kier molecular flexibility index (Phi) is 5.11. The number of hydrogen-bond acceptors (Lipinski definition) is 6. The summed E-state index contributed by atoms with van der Waals surface area (Å²) in [5, 5.41) is 12.5. The normalized spacial score (nSPS) is 10.4. The Bertz CT molecular complexity index is 516. The van der Waals surface area contributed by atoms with Crippen LogP contribution in [0.3, 0.4) is 0 Å². The second-order valence-corrected chi connectivity index (χ2v) is 4.91. The lowest BCUT2D eigenvalue weighted by atomic mass is 10.3. The predicted octanol–water partition coefficient (Wildman–Crippen LogP) is 2.84. The van der Waals surface area contributed by atoms with Crippen molar-refractivity contribution in [2.24, 2.45) is 0 Å². The van der Waals surface area contributed by atoms with Crippen molar-refractivity contribution in [3.63, 3.8) is 0 Å². The van der Waals surface area contributed by atoms with Crippen LogP contribution in [-0.4, -0.2) is 23.9 Å². The Balaban J connectivity index is 2.08. The number of benzene rings is 1. The van der Waals surface area contributed by atoms with Crippen LogP contribution in [0.4, 0.5) is 0 Å². The van der Waals surface area contributed by atoms with E-state index in [0.29, 0.717) is 24.1 Å². The zero-order chi connectivity index (χ0) is 13.5. The van der Waals surface area contributed by atoms with Gasteiger partial charge in [-0.25, -0.2) is 0 Å². The molecule has 5 nitrogen and oxygen atoms in total. The fraction of sp³-hybridized carbons (Fsp3) is 0.385. The summed E-state index contributed by atoms with van der Waals surface area (Å²) < 4.78 is 11.4. The first-order valence-corrected chi connectivity index (χ1v) is 7.01. The molecule has 0 atom stereocenters. The Morgan fingerprint density at radius 2 is 2.00 bits per heavy atom. The fourth-order valence-corrected chi connectivity index (χ4v) is 2.17. The van der Waals surface area contributed by atoms with Crippen LogP contribution in [0.15, 0.2) is 24.3 Å². The molecule has 2 aromatic rings. The molecule has 102 valence electrons. The summed E-state index contributed by atoms with van der Waals surface area (Å²) in [6.45, 7) is 3.43. The van der Waals surface area contributed by atoms with Crippen LogP contribution in [-0.2, 0) is 6.54 Å². The van der Waals surface area contributed by atoms with Crippen LogP contribution in [0.5, 0.6) is 16.7 Å². The molecule has 0 unspecified atom stereocenters. The number of hydrogen-bond donors (Lipinski definition) is 1. The predicted molar refractivity (Wildman–Crippen MR) is 75.0 cm³/mol. The van der Waals surface area contributed by atoms with Crippen LogP contribution < -0.4 is 14.8 Å². The lowest BCUT2D eigenvalue weighted by Gasteiger charge is -2.09. The van der Waals surface area contributed by atoms with E-state index >= 15 is 0 Å². The summed E-state index contributed by atoms with van der Waals surface area (Å²) in [6.07, 6.45) is 0.958. The zero-order valence-electron chi connectivity index (χ0n) is 11.0. The summed E-state index contributed by atoms with van der Waals surface area (Å²) in [6, 6.07) is 7.58. The minimum atomic E-state index is 0.526. The SMILES string of the molecule is CCCOc1ccccc1Oc1nnc(CNC)s1. The van der Waals surface area contributed by atoms with Gasteiger partial charge in [0, 0.05) is 6.54 Å². The van der Waals surface area contributed by atoms with Gasteiger partial charge in [-0.1, -0.05) is 35.5 Å². The fourth-order valence-electron chi connectivity index (χ4n) is 1.46. The van der Waals surface area contributed by atoms with Crippen molar-refractivity contribution in [2.45, 2.75) is 19.9 Å². The summed E-state index contributed by atoms with van der Waals surface area (Å²) in [7, 11) is 1.87. The van der Waals surface area contributed by atoms with E-state index in [1.54, 1.807) is 0 Å². The van der Waals surface area contributed by atoms with Gasteiger partial charge >= 0.3 is 0 Å². The third-order valence-corrected chi connectivity index (χ3v) is 3.09. The van der Waals surface area contributed by atoms with Gasteiger partial charge in [0.25, 0.3) is 5.19 Å². The minimum Gasteiger partial charge on any atom is -0.490 e. The van der Waals surface area contributed by atoms with E-state index in [1.165, 1.54) is 11.3 Å². The maximum Gasteiger partial charge on any atom is 0.299 e. The topological polar surface area (TPSA) is 56.3 Å². The number of nitrogens with one attached hydrogen (secondary N) is 1. The van der Waals surface area contributed by atoms with E-state index in [4.69, 9.17) is 9.47 Å². The van der Waals surface area contributed by atoms with Gasteiger partial charge in [0.2, 0.25) is 0 Å². The van der Waals surface area contributed by atoms with Crippen LogP contribution >= 0.6 is 11.3 Å². The largest absolute Gasteiger partial charge is 0.490 e. The summed E-state index contributed by atoms with van der Waals surface area (Å²) in [5.41, 5.74) is 0. The molecule has 0 saturated heterocycles. The molecule has 0 bridgehead atoms. The third-order valence-electron chi connectivity index (χ3n) is 2.28. The van der Waals surface area contributed by atoms with Crippen molar-refractivity contribution >= 4 is 11.3 Å². The number of aromatic nitrogens is 2. The second kappa shape index (κ2) is 7.06. The molecule has 0 radical (unpaired) electrons. The Labute approximate surface area is 116 Å². The van der Waals surface area contributed by atoms with Crippen molar-refractivity contribution in [2.75, 3.05) is 13.7 Å². The standard InChI is InChI=1S/C13H17N3O2S/c1-3-8-17-10-6-4-5-7-11(10)18-13-16-15-12(19-13)9-14-2/h4-7,14H,3,8-9H2,1-2H3. The quantitative estimate of drug-likeness (QED) is 0.844. The average molecular weight is 279 g/mol. The molecule has 1 heterocycles. The highest BCUT2D eigenvalue weighted by Gasteiger charge is 2.09. The molecule has 0 saturated carbocycles. The van der Waals surface area contributed by atoms with Gasteiger partial charge < -0.3 is 14.8 Å². The molecular weight excluding hydrogens is 262 g/mol. The molecule has 0 aliphatic heterocycles. The van der Waals surface area contributed by atoms with Gasteiger partial charge in [-0.15, -0.1) is 5.10 Å². The molecule has 1 aromatic heterocycles. The molecular formula is C13H17N3O2S. The van der Waals surface area contributed by atoms with Gasteiger partial charge in [0.05, 0.1) is 6.61 Å². The van der Waals surface area contributed by atoms with Crippen molar-refractivity contribution in [1.29, 1.82) is 0 Å². The van der Waals surface area contributed by atoms with Crippen LogP contribution in [0.2, 0.25) is 0 Å². The van der Waals surface area contributed by atoms with E-state index in [2.05, 4.69) is 22.4 Å². The van der Waals surface area contributed by atoms with Gasteiger partial charge in [-0.3, -0.25) is 0 Å². The highest BCUT2D eigenvalue weighted by atomic mass is 32.1. The molecule has 0 spiro atoms. The molecule has 2 rings (SSSR count). The van der Waals surface area contributed by atoms with Crippen LogP contribution in [0.25, 0.3) is 0 Å². The molecule has 1 N–H and O–H groups in total. The second-order valence-electron chi connectivity index (χ2n) is 3.89. The number of rotatable bonds is 7. The molecule has 0 amide bonds. The van der Waals surface area contributed by atoms with E-state index in [1.807, 2.05) is 31.3 Å². The maximum atomic E-state index is 5.73. The lowest BCUT2D eigenvalue weighted by Crippen LogP contribution is -2.04. The summed E-state index contributed by atoms with van der Waals surface area (Å²) in [5.74, 6) is 1.40. The molecule has 1 aromatic carbocycles. The summed E-state index contributed by atoms with van der Waals surface area (Å²) >= 11 is 1.42. The van der Waals surface area contributed by atoms with Gasteiger partial charge in [-0.2, -0.15) is 0 Å². The average Bonchev–Trinajstić information content (AvgIpc) is 2.86. The van der Waals surface area contributed by atoms with E-state index in [9.17, 15) is 0 Å². The van der Waals surface area contributed by atoms with Crippen molar-refractivity contribution in [3.8, 4) is 16.7 Å². The van der Waals surface area contributed by atoms with E-state index in [0.717, 1.165) is 17.2 Å². The first kappa shape index (κ1) is 13.8. The zero-order valence-corrected chi connectivity index (χ0v) is 11.9. The molecule has 19 heavy (non-hydrogen) atoms. The Hall–Kier alpha value is -1.66. The van der Waals surface area contributed by atoms with Crippen molar-refractivity contribution in [3.05, 3.63) is 29.3 Å². The maximum absolute atomic E-state index is 5.73. The monoisotopic (exact) mass is 279 g/mol. The Morgan fingerprint density at radius 3 is 2.74 bits per heavy atom. The van der Waals surface area contributed by atoms with Gasteiger partial charge in [0.15, 0.2) is 11.5 Å². The van der Waals surface area contributed by atoms with Gasteiger partial charge in [-0.05, 0) is 25.6 Å². The highest BCUT2D eigenvalue weighted by Crippen LogP contribution is 2.32. The van der Waals surface area contributed by atoms with Gasteiger partial charge in [0.1, 0.15) is 5.01 Å². The molecule has 0 fully saturated rings. The minimum absolute atomic E-state index is 0.526. The van der Waals surface area contributed by atoms with E-state index < -0.39 is 0 Å². The Morgan fingerprint density at radius 1 is 1.21 bits per heavy atom. The first-order valence-electron chi connectivity index (χ1n) is 6.20. The van der Waals surface area contributed by atoms with Crippen LogP contribution in [0.1, 0.15) is 18.4 Å². The van der Waals surface area contributed by atoms with Crippen LogP contribution in [0, 0.1) is 0 Å². The smallest absolute Gasteiger partial charge is 0.299 e. The third kappa shape index (κ3) is 3.90. The molecule has 0 aliphatic rings. The molecule has 0 aliphatic carbocycles. The number of nitrogens with zero attached hydrogens (tertiary/aromatic N) is 2. The number of para-hydroxylation sites is 2. The van der Waals surface area contributed by atoms with Crippen molar-refractivity contribution < 1.29 is 9.47 Å². The lowest BCUT2D eigenvalue weighted by molar-refractivity contribution is 0.301. The molecule has 6 heteroatoms. The summed E-state index contributed by atoms with van der Waals surface area (Å²) in [4.78, 5) is 0. The van der Waals surface area contributed by atoms with Crippen molar-refractivity contribution in [1.82, 2.24) is 15.5 Å². The first-order chi connectivity index (χ1) is 9.33. The van der Waals surface area contributed by atoms with E-state index in [-0.39, 0.29) is 0 Å². The number of ether oxygens (including phenoxy) is 2. The highest BCUT2D eigenvalue weighted by molar-refractivity contribution is 7.13.